The van der Waals surface area contributed by atoms with E-state index >= 15 is 0 Å². The summed E-state index contributed by atoms with van der Waals surface area (Å²) in [6.45, 7) is 3.73. The van der Waals surface area contributed by atoms with Crippen LogP contribution in [-0.4, -0.2) is 39.1 Å². The summed E-state index contributed by atoms with van der Waals surface area (Å²) >= 11 is 0. The molecule has 2 N–H and O–H groups in total. The van der Waals surface area contributed by atoms with E-state index in [2.05, 4.69) is 5.32 Å². The minimum atomic E-state index is -3.87. The molecule has 2 atom stereocenters. The molecule has 1 amide bonds. The number of fused-ring (bicyclic) bond motifs is 1. The van der Waals surface area contributed by atoms with E-state index in [0.717, 1.165) is 5.56 Å². The molecule has 0 saturated heterocycles. The van der Waals surface area contributed by atoms with Gasteiger partial charge in [0.05, 0.1) is 23.7 Å². The summed E-state index contributed by atoms with van der Waals surface area (Å²) < 4.78 is 33.4. The molecule has 29 heavy (non-hydrogen) atoms. The smallest absolute Gasteiger partial charge is 0.264 e. The van der Waals surface area contributed by atoms with Gasteiger partial charge in [-0.05, 0) is 31.5 Å². The van der Waals surface area contributed by atoms with Crippen molar-refractivity contribution in [2.75, 3.05) is 18.0 Å². The largest absolute Gasteiger partial charge is 0.497 e. The fourth-order valence-corrected chi connectivity index (χ4v) is 4.91. The molecule has 1 aliphatic heterocycles. The van der Waals surface area contributed by atoms with E-state index in [1.807, 2.05) is 6.92 Å². The second-order valence-electron chi connectivity index (χ2n) is 7.08. The molecule has 2 aromatic rings. The number of rotatable bonds is 5. The van der Waals surface area contributed by atoms with E-state index in [1.165, 1.54) is 11.4 Å². The van der Waals surface area contributed by atoms with E-state index in [9.17, 15) is 18.3 Å². The third-order valence-corrected chi connectivity index (χ3v) is 6.95. The summed E-state index contributed by atoms with van der Waals surface area (Å²) in [5.41, 5.74) is 1.74. The standard InChI is InChI=1S/C21H26N2O5S/c1-4-20(24)22-18-11-12-23(29(26,27)16-8-5-14(2)6-9-16)19-13-15(28-3)7-10-17(19)21(18)25/h5-10,13,18,21,25H,4,11-12H2,1-3H3,(H,22,24)/t18-,21-/m1/s1. The molecular formula is C21H26N2O5S. The Labute approximate surface area is 171 Å². The Hall–Kier alpha value is -2.58. The molecule has 1 aliphatic rings. The van der Waals surface area contributed by atoms with Crippen LogP contribution in [0.5, 0.6) is 5.75 Å². The van der Waals surface area contributed by atoms with Gasteiger partial charge in [0.25, 0.3) is 10.0 Å². The van der Waals surface area contributed by atoms with Gasteiger partial charge in [-0.2, -0.15) is 0 Å². The van der Waals surface area contributed by atoms with Crippen LogP contribution in [0.3, 0.4) is 0 Å². The predicted octanol–water partition coefficient (Wildman–Crippen LogP) is 2.53. The topological polar surface area (TPSA) is 95.9 Å². The van der Waals surface area contributed by atoms with Crippen molar-refractivity contribution in [3.63, 3.8) is 0 Å². The molecule has 1 heterocycles. The minimum absolute atomic E-state index is 0.113. The molecule has 8 heteroatoms. The normalized spacial score (nSPS) is 19.2. The van der Waals surface area contributed by atoms with Gasteiger partial charge in [0.15, 0.2) is 0 Å². The fourth-order valence-electron chi connectivity index (χ4n) is 3.42. The van der Waals surface area contributed by atoms with E-state index < -0.39 is 22.2 Å². The number of carbonyl (C=O) groups excluding carboxylic acids is 1. The number of anilines is 1. The summed E-state index contributed by atoms with van der Waals surface area (Å²) in [5, 5.41) is 13.7. The van der Waals surface area contributed by atoms with Gasteiger partial charge in [-0.25, -0.2) is 8.42 Å². The average molecular weight is 419 g/mol. The van der Waals surface area contributed by atoms with Crippen LogP contribution in [-0.2, 0) is 14.8 Å². The first-order valence-corrected chi connectivity index (χ1v) is 11.0. The molecule has 0 bridgehead atoms. The molecule has 3 rings (SSSR count). The number of sulfonamides is 1. The lowest BCUT2D eigenvalue weighted by molar-refractivity contribution is -0.122. The lowest BCUT2D eigenvalue weighted by atomic mass is 10.00. The average Bonchev–Trinajstić information content (AvgIpc) is 2.85. The number of aliphatic hydroxyl groups is 1. The number of aliphatic hydroxyl groups excluding tert-OH is 1. The number of nitrogens with one attached hydrogen (secondary N) is 1. The molecule has 0 radical (unpaired) electrons. The number of benzene rings is 2. The Morgan fingerprint density at radius 1 is 1.24 bits per heavy atom. The molecule has 156 valence electrons. The third kappa shape index (κ3) is 4.23. The van der Waals surface area contributed by atoms with Crippen LogP contribution in [0.4, 0.5) is 5.69 Å². The van der Waals surface area contributed by atoms with Gasteiger partial charge in [0.1, 0.15) is 11.9 Å². The zero-order chi connectivity index (χ0) is 21.2. The zero-order valence-corrected chi connectivity index (χ0v) is 17.6. The van der Waals surface area contributed by atoms with Gasteiger partial charge in [-0.3, -0.25) is 9.10 Å². The van der Waals surface area contributed by atoms with Gasteiger partial charge in [0.2, 0.25) is 5.91 Å². The van der Waals surface area contributed by atoms with Crippen LogP contribution in [0.1, 0.15) is 37.0 Å². The maximum Gasteiger partial charge on any atom is 0.264 e. The highest BCUT2D eigenvalue weighted by Crippen LogP contribution is 2.38. The summed E-state index contributed by atoms with van der Waals surface area (Å²) in [6.07, 6.45) is -0.483. The van der Waals surface area contributed by atoms with Crippen molar-refractivity contribution < 1.29 is 23.1 Å². The Kier molecular flexibility index (Phi) is 6.14. The third-order valence-electron chi connectivity index (χ3n) is 5.13. The second-order valence-corrected chi connectivity index (χ2v) is 8.94. The Morgan fingerprint density at radius 3 is 2.55 bits per heavy atom. The van der Waals surface area contributed by atoms with Gasteiger partial charge >= 0.3 is 0 Å². The maximum absolute atomic E-state index is 13.4. The van der Waals surface area contributed by atoms with Crippen molar-refractivity contribution >= 4 is 21.6 Å². The van der Waals surface area contributed by atoms with Gasteiger partial charge < -0.3 is 15.2 Å². The molecular weight excluding hydrogens is 392 g/mol. The Balaban J connectivity index is 2.10. The highest BCUT2D eigenvalue weighted by atomic mass is 32.2. The molecule has 0 unspecified atom stereocenters. The first-order valence-electron chi connectivity index (χ1n) is 9.52. The summed E-state index contributed by atoms with van der Waals surface area (Å²) in [5.74, 6) is 0.287. The van der Waals surface area contributed by atoms with E-state index in [-0.39, 0.29) is 30.2 Å². The number of carbonyl (C=O) groups is 1. The SMILES string of the molecule is CCC(=O)N[C@@H]1CCN(S(=O)(=O)c2ccc(C)cc2)c2cc(OC)ccc2[C@H]1O. The monoisotopic (exact) mass is 418 g/mol. The first kappa shape index (κ1) is 21.1. The van der Waals surface area contributed by atoms with Crippen LogP contribution in [0, 0.1) is 6.92 Å². The highest BCUT2D eigenvalue weighted by Gasteiger charge is 2.35. The maximum atomic E-state index is 13.4. The molecule has 0 fully saturated rings. The number of aryl methyl sites for hydroxylation is 1. The van der Waals surface area contributed by atoms with Crippen molar-refractivity contribution in [3.8, 4) is 5.75 Å². The zero-order valence-electron chi connectivity index (χ0n) is 16.8. The lowest BCUT2D eigenvalue weighted by Gasteiger charge is -2.25. The van der Waals surface area contributed by atoms with Gasteiger partial charge in [-0.1, -0.05) is 30.7 Å². The number of methoxy groups -OCH3 is 1. The summed E-state index contributed by atoms with van der Waals surface area (Å²) in [6, 6.07) is 11.0. The molecule has 7 nitrogen and oxygen atoms in total. The van der Waals surface area contributed by atoms with Gasteiger partial charge in [0, 0.05) is 24.6 Å². The molecule has 0 saturated carbocycles. The van der Waals surface area contributed by atoms with Crippen LogP contribution >= 0.6 is 0 Å². The van der Waals surface area contributed by atoms with Gasteiger partial charge in [-0.15, -0.1) is 0 Å². The quantitative estimate of drug-likeness (QED) is 0.778. The lowest BCUT2D eigenvalue weighted by Crippen LogP contribution is -2.40. The predicted molar refractivity (Wildman–Crippen MR) is 111 cm³/mol. The number of hydrogen-bond acceptors (Lipinski definition) is 5. The number of hydrogen-bond donors (Lipinski definition) is 2. The molecule has 2 aromatic carbocycles. The van der Waals surface area contributed by atoms with E-state index in [4.69, 9.17) is 4.74 Å². The van der Waals surface area contributed by atoms with Crippen molar-refractivity contribution in [1.82, 2.24) is 5.32 Å². The first-order chi connectivity index (χ1) is 13.8. The van der Waals surface area contributed by atoms with Crippen LogP contribution in [0.25, 0.3) is 0 Å². The summed E-state index contributed by atoms with van der Waals surface area (Å²) in [7, 11) is -2.37. The van der Waals surface area contributed by atoms with Crippen molar-refractivity contribution in [2.24, 2.45) is 0 Å². The summed E-state index contributed by atoms with van der Waals surface area (Å²) in [4.78, 5) is 12.1. The molecule has 0 spiro atoms. The Morgan fingerprint density at radius 2 is 1.93 bits per heavy atom. The number of ether oxygens (including phenoxy) is 1. The number of nitrogens with zero attached hydrogens (tertiary/aromatic N) is 1. The number of amides is 1. The van der Waals surface area contributed by atoms with Crippen molar-refractivity contribution in [3.05, 3.63) is 53.6 Å². The Bertz CT molecular complexity index is 989. The van der Waals surface area contributed by atoms with Crippen LogP contribution in [0.15, 0.2) is 47.4 Å². The van der Waals surface area contributed by atoms with E-state index in [1.54, 1.807) is 49.4 Å². The highest BCUT2D eigenvalue weighted by molar-refractivity contribution is 7.92. The van der Waals surface area contributed by atoms with Crippen molar-refractivity contribution in [2.45, 2.75) is 43.7 Å². The fraction of sp³-hybridized carbons (Fsp3) is 0.381. The molecule has 0 aliphatic carbocycles. The van der Waals surface area contributed by atoms with E-state index in [0.29, 0.717) is 17.0 Å². The van der Waals surface area contributed by atoms with Crippen LogP contribution in [0.2, 0.25) is 0 Å². The molecule has 0 aromatic heterocycles. The second kappa shape index (κ2) is 8.42. The van der Waals surface area contributed by atoms with Crippen molar-refractivity contribution in [1.29, 1.82) is 0 Å². The minimum Gasteiger partial charge on any atom is -0.497 e. The van der Waals surface area contributed by atoms with Crippen LogP contribution < -0.4 is 14.4 Å².